The Hall–Kier alpha value is -2.87. The van der Waals surface area contributed by atoms with Crippen molar-refractivity contribution in [1.29, 1.82) is 0 Å². The molecule has 1 aromatic carbocycles. The van der Waals surface area contributed by atoms with Crippen molar-refractivity contribution in [2.24, 2.45) is 0 Å². The maximum atomic E-state index is 14.5. The molecule has 1 unspecified atom stereocenters. The van der Waals surface area contributed by atoms with Crippen molar-refractivity contribution in [1.82, 2.24) is 15.2 Å². The lowest BCUT2D eigenvalue weighted by Crippen LogP contribution is -2.41. The summed E-state index contributed by atoms with van der Waals surface area (Å²) in [5.41, 5.74) is 0.717. The molecular weight excluding hydrogens is 389 g/mol. The van der Waals surface area contributed by atoms with Gasteiger partial charge in [-0.05, 0) is 51.0 Å². The van der Waals surface area contributed by atoms with Crippen molar-refractivity contribution >= 4 is 6.09 Å². The lowest BCUT2D eigenvalue weighted by Gasteiger charge is -2.29. The van der Waals surface area contributed by atoms with Crippen LogP contribution in [0, 0.1) is 5.82 Å². The van der Waals surface area contributed by atoms with Crippen LogP contribution in [0.3, 0.4) is 0 Å². The number of carbonyl (C=O) groups is 1. The quantitative estimate of drug-likeness (QED) is 0.773. The van der Waals surface area contributed by atoms with E-state index < -0.39 is 23.6 Å². The molecule has 2 atom stereocenters. The Morgan fingerprint density at radius 3 is 2.67 bits per heavy atom. The molecule has 0 saturated carbocycles. The monoisotopic (exact) mass is 417 g/mol. The highest BCUT2D eigenvalue weighted by Crippen LogP contribution is 2.39. The summed E-state index contributed by atoms with van der Waals surface area (Å²) in [6.07, 6.45) is 3.56. The molecule has 8 heteroatoms. The van der Waals surface area contributed by atoms with Crippen molar-refractivity contribution in [2.75, 3.05) is 20.2 Å². The first kappa shape index (κ1) is 21.8. The standard InChI is InChI=1S/C22H28FN3O4/c1-22(2,3)30-21(28)25-15-7-10-26(13-15)20(14-5-8-24-9-6-14)16-11-17(23)19(29-4)12-18(16)27/h5-6,8-9,11-12,15,20,27H,7,10,13H2,1-4H3,(H,25,28)/t15-,20?/m1/s1. The number of alkyl carbamates (subject to hydrolysis) is 1. The number of nitrogens with one attached hydrogen (secondary N) is 1. The zero-order valence-electron chi connectivity index (χ0n) is 17.7. The second kappa shape index (κ2) is 8.87. The Morgan fingerprint density at radius 2 is 2.03 bits per heavy atom. The summed E-state index contributed by atoms with van der Waals surface area (Å²) < 4.78 is 24.8. The van der Waals surface area contributed by atoms with Crippen LogP contribution in [-0.4, -0.2) is 52.9 Å². The van der Waals surface area contributed by atoms with E-state index in [1.165, 1.54) is 19.2 Å². The van der Waals surface area contributed by atoms with E-state index in [1.54, 1.807) is 12.4 Å². The minimum atomic E-state index is -0.575. The number of aromatic hydroxyl groups is 1. The Bertz CT molecular complexity index is 886. The van der Waals surface area contributed by atoms with Crippen LogP contribution >= 0.6 is 0 Å². The van der Waals surface area contributed by atoms with Gasteiger partial charge in [0.25, 0.3) is 0 Å². The van der Waals surface area contributed by atoms with Gasteiger partial charge in [0.2, 0.25) is 0 Å². The van der Waals surface area contributed by atoms with Gasteiger partial charge >= 0.3 is 6.09 Å². The number of phenolic OH excluding ortho intramolecular Hbond substituents is 1. The molecule has 0 spiro atoms. The average molecular weight is 417 g/mol. The van der Waals surface area contributed by atoms with Crippen LogP contribution in [0.1, 0.15) is 44.4 Å². The Kier molecular flexibility index (Phi) is 6.45. The molecular formula is C22H28FN3O4. The van der Waals surface area contributed by atoms with Gasteiger partial charge in [-0.3, -0.25) is 9.88 Å². The molecule has 0 aliphatic carbocycles. The third kappa shape index (κ3) is 5.18. The molecule has 1 aliphatic rings. The van der Waals surface area contributed by atoms with Gasteiger partial charge in [0, 0.05) is 43.2 Å². The SMILES string of the molecule is COc1cc(O)c(C(c2ccncc2)N2CC[C@@H](NC(=O)OC(C)(C)C)C2)cc1F. The summed E-state index contributed by atoms with van der Waals surface area (Å²) in [7, 11) is 1.35. The van der Waals surface area contributed by atoms with Crippen LogP contribution in [-0.2, 0) is 4.74 Å². The number of phenols is 1. The predicted molar refractivity (Wildman–Crippen MR) is 110 cm³/mol. The van der Waals surface area contributed by atoms with E-state index in [2.05, 4.69) is 15.2 Å². The number of nitrogens with zero attached hydrogens (tertiary/aromatic N) is 2. The van der Waals surface area contributed by atoms with Gasteiger partial charge in [-0.15, -0.1) is 0 Å². The number of ether oxygens (including phenoxy) is 2. The minimum absolute atomic E-state index is 0.0179. The second-order valence-corrected chi connectivity index (χ2v) is 8.36. The Morgan fingerprint density at radius 1 is 1.33 bits per heavy atom. The number of amides is 1. The van der Waals surface area contributed by atoms with Gasteiger partial charge in [0.05, 0.1) is 13.2 Å². The van der Waals surface area contributed by atoms with E-state index in [0.717, 1.165) is 5.56 Å². The van der Waals surface area contributed by atoms with Gasteiger partial charge in [0.1, 0.15) is 11.4 Å². The number of methoxy groups -OCH3 is 1. The van der Waals surface area contributed by atoms with Gasteiger partial charge in [-0.25, -0.2) is 9.18 Å². The third-order valence-electron chi connectivity index (χ3n) is 4.92. The molecule has 0 radical (unpaired) electrons. The first-order chi connectivity index (χ1) is 14.2. The van der Waals surface area contributed by atoms with Crippen molar-refractivity contribution in [3.63, 3.8) is 0 Å². The van der Waals surface area contributed by atoms with E-state index in [1.807, 2.05) is 32.9 Å². The fourth-order valence-electron chi connectivity index (χ4n) is 3.68. The molecule has 1 aliphatic heterocycles. The largest absolute Gasteiger partial charge is 0.507 e. The summed E-state index contributed by atoms with van der Waals surface area (Å²) in [5, 5.41) is 13.5. The predicted octanol–water partition coefficient (Wildman–Crippen LogP) is 3.62. The van der Waals surface area contributed by atoms with Gasteiger partial charge in [-0.2, -0.15) is 0 Å². The number of hydrogen-bond donors (Lipinski definition) is 2. The molecule has 0 bridgehead atoms. The lowest BCUT2D eigenvalue weighted by molar-refractivity contribution is 0.0505. The molecule has 3 rings (SSSR count). The molecule has 1 fully saturated rings. The fraction of sp³-hybridized carbons (Fsp3) is 0.455. The summed E-state index contributed by atoms with van der Waals surface area (Å²) in [6, 6.07) is 5.73. The molecule has 162 valence electrons. The topological polar surface area (TPSA) is 83.9 Å². The number of carbonyl (C=O) groups excluding carboxylic acids is 1. The molecule has 1 aromatic heterocycles. The number of halogens is 1. The summed E-state index contributed by atoms with van der Waals surface area (Å²) in [6.45, 7) is 6.62. The zero-order chi connectivity index (χ0) is 21.9. The van der Waals surface area contributed by atoms with E-state index >= 15 is 0 Å². The number of likely N-dealkylation sites (tertiary alicyclic amines) is 1. The van der Waals surface area contributed by atoms with Gasteiger partial charge < -0.3 is 19.9 Å². The van der Waals surface area contributed by atoms with E-state index in [4.69, 9.17) is 9.47 Å². The van der Waals surface area contributed by atoms with Crippen LogP contribution in [0.4, 0.5) is 9.18 Å². The van der Waals surface area contributed by atoms with Crippen LogP contribution in [0.5, 0.6) is 11.5 Å². The smallest absolute Gasteiger partial charge is 0.407 e. The van der Waals surface area contributed by atoms with Gasteiger partial charge in [-0.1, -0.05) is 0 Å². The van der Waals surface area contributed by atoms with Crippen LogP contribution in [0.2, 0.25) is 0 Å². The maximum Gasteiger partial charge on any atom is 0.407 e. The lowest BCUT2D eigenvalue weighted by atomic mass is 9.97. The number of benzene rings is 1. The summed E-state index contributed by atoms with van der Waals surface area (Å²) >= 11 is 0. The van der Waals surface area contributed by atoms with E-state index in [0.29, 0.717) is 25.1 Å². The average Bonchev–Trinajstić information content (AvgIpc) is 3.11. The molecule has 2 aromatic rings. The van der Waals surface area contributed by atoms with Crippen LogP contribution in [0.15, 0.2) is 36.7 Å². The van der Waals surface area contributed by atoms with Crippen molar-refractivity contribution in [2.45, 2.75) is 44.9 Å². The molecule has 7 nitrogen and oxygen atoms in total. The first-order valence-corrected chi connectivity index (χ1v) is 9.88. The van der Waals surface area contributed by atoms with E-state index in [9.17, 15) is 14.3 Å². The highest BCUT2D eigenvalue weighted by atomic mass is 19.1. The van der Waals surface area contributed by atoms with E-state index in [-0.39, 0.29) is 17.5 Å². The fourth-order valence-corrected chi connectivity index (χ4v) is 3.68. The number of hydrogen-bond acceptors (Lipinski definition) is 6. The Labute approximate surface area is 175 Å². The van der Waals surface area contributed by atoms with Gasteiger partial charge in [0.15, 0.2) is 11.6 Å². The zero-order valence-corrected chi connectivity index (χ0v) is 17.7. The van der Waals surface area contributed by atoms with Crippen LogP contribution in [0.25, 0.3) is 0 Å². The second-order valence-electron chi connectivity index (χ2n) is 8.36. The minimum Gasteiger partial charge on any atom is -0.507 e. The molecule has 2 heterocycles. The van der Waals surface area contributed by atoms with Crippen molar-refractivity contribution in [3.8, 4) is 11.5 Å². The van der Waals surface area contributed by atoms with Crippen LogP contribution < -0.4 is 10.1 Å². The Balaban J connectivity index is 1.85. The van der Waals surface area contributed by atoms with Crippen molar-refractivity contribution < 1.29 is 23.8 Å². The molecule has 1 saturated heterocycles. The maximum absolute atomic E-state index is 14.5. The summed E-state index contributed by atoms with van der Waals surface area (Å²) in [4.78, 5) is 18.3. The summed E-state index contributed by atoms with van der Waals surface area (Å²) in [5.74, 6) is -0.624. The molecule has 30 heavy (non-hydrogen) atoms. The number of rotatable bonds is 5. The molecule has 2 N–H and O–H groups in total. The highest BCUT2D eigenvalue weighted by molar-refractivity contribution is 5.68. The number of pyridine rings is 1. The number of aromatic nitrogens is 1. The molecule has 1 amide bonds. The highest BCUT2D eigenvalue weighted by Gasteiger charge is 2.33. The third-order valence-corrected chi connectivity index (χ3v) is 4.92. The first-order valence-electron chi connectivity index (χ1n) is 9.88. The van der Waals surface area contributed by atoms with Crippen molar-refractivity contribution in [3.05, 3.63) is 53.6 Å². The normalized spacial score (nSPS) is 18.1.